The second-order valence-corrected chi connectivity index (χ2v) is 14.3. The maximum absolute atomic E-state index is 12.6. The molecule has 0 aromatic carbocycles. The molecule has 3 unspecified atom stereocenters. The molecule has 0 aromatic rings. The molecule has 0 bridgehead atoms. The van der Waals surface area contributed by atoms with Gasteiger partial charge in [-0.1, -0.05) is 12.0 Å². The van der Waals surface area contributed by atoms with Gasteiger partial charge in [0.2, 0.25) is 5.91 Å². The van der Waals surface area contributed by atoms with Gasteiger partial charge < -0.3 is 45.1 Å². The SMILES string of the molecule is CC(=O)N[C@]1(C)C(C)(C)OC(C)(CO)[C@@](C)(OSOOO)[C@@]1(C)COCC1(C)OC(C)(C(=O)O)[C@@](C)(O)[C@@](C)(O)[C@]1(C)O. The summed E-state index contributed by atoms with van der Waals surface area (Å²) >= 11 is 0.239. The fourth-order valence-corrected chi connectivity index (χ4v) is 7.39. The molecule has 0 radical (unpaired) electrons. The first-order valence-electron chi connectivity index (χ1n) is 13.7. The molecular weight excluding hydrogens is 594 g/mol. The average molecular weight is 644 g/mol. The van der Waals surface area contributed by atoms with E-state index in [1.54, 1.807) is 41.5 Å². The van der Waals surface area contributed by atoms with Gasteiger partial charge in [-0.25, -0.2) is 10.1 Å². The minimum Gasteiger partial charge on any atom is -0.479 e. The lowest BCUT2D eigenvalue weighted by Crippen LogP contribution is -2.86. The monoisotopic (exact) mass is 643 g/mol. The number of rotatable bonds is 11. The van der Waals surface area contributed by atoms with E-state index in [2.05, 4.69) is 14.7 Å². The number of aliphatic hydroxyl groups excluding tert-OH is 1. The summed E-state index contributed by atoms with van der Waals surface area (Å²) in [7, 11) is 0. The van der Waals surface area contributed by atoms with Gasteiger partial charge in [0.1, 0.15) is 33.6 Å². The third-order valence-corrected chi connectivity index (χ3v) is 11.8. The topological polar surface area (TPSA) is 223 Å². The molecule has 1 amide bonds. The number of aliphatic hydroxyl groups is 4. The van der Waals surface area contributed by atoms with Gasteiger partial charge in [0.05, 0.1) is 31.0 Å². The maximum Gasteiger partial charge on any atom is 0.338 e. The average Bonchev–Trinajstić information content (AvgIpc) is 2.85. The summed E-state index contributed by atoms with van der Waals surface area (Å²) in [5.41, 5.74) is -18.5. The van der Waals surface area contributed by atoms with Crippen LogP contribution in [0.25, 0.3) is 0 Å². The van der Waals surface area contributed by atoms with E-state index in [9.17, 15) is 35.1 Å². The molecule has 2 aliphatic heterocycles. The van der Waals surface area contributed by atoms with Crippen molar-refractivity contribution in [3.05, 3.63) is 0 Å². The maximum atomic E-state index is 12.6. The molecule has 2 heterocycles. The lowest BCUT2D eigenvalue weighted by Gasteiger charge is -2.69. The molecule has 43 heavy (non-hydrogen) atoms. The summed E-state index contributed by atoms with van der Waals surface area (Å²) in [5, 5.41) is 70.3. The van der Waals surface area contributed by atoms with Crippen molar-refractivity contribution >= 4 is 24.2 Å². The van der Waals surface area contributed by atoms with Crippen molar-refractivity contribution in [2.75, 3.05) is 19.8 Å². The van der Waals surface area contributed by atoms with Crippen LogP contribution in [0.5, 0.6) is 0 Å². The molecule has 9 atom stereocenters. The number of carboxylic acids is 1. The van der Waals surface area contributed by atoms with E-state index in [-0.39, 0.29) is 18.9 Å². The standard InChI is InChI=1S/C27H49NO14S/c1-16(30)28-23(8)18(2,3)38-20(5,13-29)27(12,40-43-42-41-36)19(23,4)14-37-15-21(6)24(9,33)26(11,35)25(10,34)22(7,39-21)17(31)32/h29,33-36H,13-15H2,1-12H3,(H,28,30)(H,31,32)/t19-,20?,21?,22?,23+,24+,25+,26-,27-/m0/s1. The number of ether oxygens (including phenoxy) is 3. The molecule has 252 valence electrons. The Labute approximate surface area is 256 Å². The molecule has 0 aromatic heterocycles. The van der Waals surface area contributed by atoms with Gasteiger partial charge in [0.15, 0.2) is 17.9 Å². The Bertz CT molecular complexity index is 1090. The van der Waals surface area contributed by atoms with Crippen molar-refractivity contribution in [2.24, 2.45) is 5.41 Å². The number of nitrogens with one attached hydrogen (secondary N) is 1. The number of amides is 1. The zero-order valence-electron chi connectivity index (χ0n) is 27.0. The molecule has 2 aliphatic rings. The number of carboxylic acid groups (broad SMARTS) is 1. The van der Waals surface area contributed by atoms with E-state index in [0.29, 0.717) is 0 Å². The minimum absolute atomic E-state index is 0.239. The van der Waals surface area contributed by atoms with E-state index < -0.39 is 80.9 Å². The van der Waals surface area contributed by atoms with E-state index in [1.165, 1.54) is 20.8 Å². The summed E-state index contributed by atoms with van der Waals surface area (Å²) in [4.78, 5) is 24.9. The van der Waals surface area contributed by atoms with Crippen LogP contribution in [0, 0.1) is 5.41 Å². The van der Waals surface area contributed by atoms with Crippen LogP contribution in [0.4, 0.5) is 0 Å². The van der Waals surface area contributed by atoms with Gasteiger partial charge >= 0.3 is 5.97 Å². The summed E-state index contributed by atoms with van der Waals surface area (Å²) in [6, 6.07) is 0. The largest absolute Gasteiger partial charge is 0.479 e. The zero-order chi connectivity index (χ0) is 33.9. The third kappa shape index (κ3) is 5.02. The van der Waals surface area contributed by atoms with Crippen molar-refractivity contribution in [1.82, 2.24) is 5.32 Å². The molecule has 16 heteroatoms. The highest BCUT2D eigenvalue weighted by Gasteiger charge is 2.77. The number of aliphatic carboxylic acids is 1. The van der Waals surface area contributed by atoms with Gasteiger partial charge in [-0.3, -0.25) is 8.98 Å². The number of hydrogen-bond acceptors (Lipinski definition) is 14. The third-order valence-electron chi connectivity index (χ3n) is 11.3. The van der Waals surface area contributed by atoms with Crippen molar-refractivity contribution in [3.63, 3.8) is 0 Å². The summed E-state index contributed by atoms with van der Waals surface area (Å²) < 4.78 is 29.1. The molecule has 2 rings (SSSR count). The lowest BCUT2D eigenvalue weighted by molar-refractivity contribution is -0.436. The predicted octanol–water partition coefficient (Wildman–Crippen LogP) is 1.11. The van der Waals surface area contributed by atoms with Crippen LogP contribution in [0.1, 0.15) is 83.1 Å². The van der Waals surface area contributed by atoms with Crippen LogP contribution in [0.15, 0.2) is 0 Å². The molecule has 7 N–H and O–H groups in total. The van der Waals surface area contributed by atoms with Crippen LogP contribution in [-0.2, 0) is 37.4 Å². The number of carbonyl (C=O) groups is 2. The fraction of sp³-hybridized carbons (Fsp3) is 0.926. The normalized spacial score (nSPS) is 48.1. The Hall–Kier alpha value is -1.15. The Morgan fingerprint density at radius 2 is 1.35 bits per heavy atom. The zero-order valence-corrected chi connectivity index (χ0v) is 27.8. The van der Waals surface area contributed by atoms with Gasteiger partial charge in [0.25, 0.3) is 0 Å². The van der Waals surface area contributed by atoms with Crippen LogP contribution < -0.4 is 5.32 Å². The highest BCUT2D eigenvalue weighted by molar-refractivity contribution is 7.89. The quantitative estimate of drug-likeness (QED) is 0.0725. The van der Waals surface area contributed by atoms with Crippen molar-refractivity contribution in [2.45, 2.75) is 133 Å². The molecule has 2 fully saturated rings. The molecule has 2 saturated heterocycles. The van der Waals surface area contributed by atoms with Crippen LogP contribution in [0.3, 0.4) is 0 Å². The Morgan fingerprint density at radius 3 is 1.79 bits per heavy atom. The smallest absolute Gasteiger partial charge is 0.338 e. The second kappa shape index (κ2) is 11.3. The highest BCUT2D eigenvalue weighted by Crippen LogP contribution is 2.61. The van der Waals surface area contributed by atoms with Gasteiger partial charge in [-0.2, -0.15) is 0 Å². The second-order valence-electron chi connectivity index (χ2n) is 13.8. The summed E-state index contributed by atoms with van der Waals surface area (Å²) in [5.74, 6) is -2.01. The molecule has 0 aliphatic carbocycles. The molecular formula is C27H49NO14S. The Kier molecular flexibility index (Phi) is 9.97. The van der Waals surface area contributed by atoms with Crippen LogP contribution in [-0.4, -0.2) is 113 Å². The summed E-state index contributed by atoms with van der Waals surface area (Å²) in [6.07, 6.45) is 0. The lowest BCUT2D eigenvalue weighted by atomic mass is 9.50. The minimum atomic E-state index is -2.46. The molecule has 15 nitrogen and oxygen atoms in total. The van der Waals surface area contributed by atoms with E-state index in [0.717, 1.165) is 20.8 Å². The van der Waals surface area contributed by atoms with Crippen molar-refractivity contribution in [1.29, 1.82) is 0 Å². The Morgan fingerprint density at radius 1 is 0.814 bits per heavy atom. The Balaban J connectivity index is 2.70. The van der Waals surface area contributed by atoms with Crippen LogP contribution in [0.2, 0.25) is 0 Å². The first-order valence-corrected chi connectivity index (χ1v) is 14.4. The molecule has 0 saturated carbocycles. The van der Waals surface area contributed by atoms with Crippen LogP contribution >= 0.6 is 12.3 Å². The highest BCUT2D eigenvalue weighted by atomic mass is 32.2. The van der Waals surface area contributed by atoms with Gasteiger partial charge in [-0.05, 0) is 69.2 Å². The first-order chi connectivity index (χ1) is 19.1. The van der Waals surface area contributed by atoms with E-state index >= 15 is 0 Å². The number of carbonyl (C=O) groups excluding carboxylic acids is 1. The van der Waals surface area contributed by atoms with E-state index in [1.807, 2.05) is 0 Å². The molecule has 0 spiro atoms. The van der Waals surface area contributed by atoms with Gasteiger partial charge in [-0.15, -0.1) is 4.33 Å². The summed E-state index contributed by atoms with van der Waals surface area (Å²) in [6.45, 7) is 15.7. The van der Waals surface area contributed by atoms with Crippen molar-refractivity contribution in [3.8, 4) is 0 Å². The first kappa shape index (κ1) is 38.0. The van der Waals surface area contributed by atoms with Gasteiger partial charge in [0, 0.05) is 12.3 Å². The van der Waals surface area contributed by atoms with Crippen molar-refractivity contribution < 1.29 is 68.1 Å². The fourth-order valence-electron chi connectivity index (χ4n) is 6.84. The number of hydrogen-bond donors (Lipinski definition) is 7. The van der Waals surface area contributed by atoms with E-state index in [4.69, 9.17) is 23.7 Å². The predicted molar refractivity (Wildman–Crippen MR) is 151 cm³/mol.